The van der Waals surface area contributed by atoms with Crippen molar-refractivity contribution in [2.45, 2.75) is 19.5 Å². The van der Waals surface area contributed by atoms with Crippen LogP contribution in [0.4, 0.5) is 4.39 Å². The van der Waals surface area contributed by atoms with Crippen LogP contribution in [0.1, 0.15) is 24.1 Å². The van der Waals surface area contributed by atoms with E-state index >= 15 is 0 Å². The predicted octanol–water partition coefficient (Wildman–Crippen LogP) is 4.98. The molecule has 100 valence electrons. The molecule has 0 aliphatic carbocycles. The Morgan fingerprint density at radius 2 is 1.68 bits per heavy atom. The van der Waals surface area contributed by atoms with E-state index in [1.165, 1.54) is 6.07 Å². The molecule has 1 atom stereocenters. The van der Waals surface area contributed by atoms with E-state index in [1.807, 2.05) is 31.2 Å². The minimum Gasteiger partial charge on any atom is -0.306 e. The molecule has 2 rings (SSSR count). The van der Waals surface area contributed by atoms with Gasteiger partial charge in [-0.3, -0.25) is 0 Å². The number of hydrogen-bond donors (Lipinski definition) is 1. The molecule has 0 spiro atoms. The first-order valence-corrected chi connectivity index (χ1v) is 6.74. The van der Waals surface area contributed by atoms with E-state index in [0.29, 0.717) is 22.2 Å². The summed E-state index contributed by atoms with van der Waals surface area (Å²) < 4.78 is 13.6. The minimum atomic E-state index is -0.250. The van der Waals surface area contributed by atoms with Crippen molar-refractivity contribution in [3.8, 4) is 0 Å². The lowest BCUT2D eigenvalue weighted by Crippen LogP contribution is -2.18. The summed E-state index contributed by atoms with van der Waals surface area (Å²) in [6.07, 6.45) is 0. The second kappa shape index (κ2) is 6.38. The monoisotopic (exact) mass is 297 g/mol. The highest BCUT2D eigenvalue weighted by molar-refractivity contribution is 6.30. The van der Waals surface area contributed by atoms with E-state index in [0.717, 1.165) is 5.56 Å². The fourth-order valence-corrected chi connectivity index (χ4v) is 2.13. The van der Waals surface area contributed by atoms with Gasteiger partial charge < -0.3 is 5.32 Å². The molecule has 0 aromatic heterocycles. The largest absolute Gasteiger partial charge is 0.306 e. The molecule has 0 fully saturated rings. The molecule has 1 N–H and O–H groups in total. The highest BCUT2D eigenvalue weighted by atomic mass is 35.5. The van der Waals surface area contributed by atoms with Crippen molar-refractivity contribution in [1.82, 2.24) is 5.32 Å². The molecule has 4 heteroatoms. The first-order chi connectivity index (χ1) is 9.06. The van der Waals surface area contributed by atoms with Gasteiger partial charge in [-0.05, 0) is 42.8 Å². The van der Waals surface area contributed by atoms with Crippen LogP contribution in [0, 0.1) is 5.82 Å². The maximum atomic E-state index is 13.6. The number of rotatable bonds is 4. The normalized spacial score (nSPS) is 12.4. The minimum absolute atomic E-state index is 0.107. The van der Waals surface area contributed by atoms with E-state index in [4.69, 9.17) is 23.2 Å². The zero-order valence-electron chi connectivity index (χ0n) is 10.5. The van der Waals surface area contributed by atoms with Gasteiger partial charge in [-0.25, -0.2) is 4.39 Å². The molecule has 0 unspecified atom stereocenters. The lowest BCUT2D eigenvalue weighted by atomic mass is 10.1. The fraction of sp³-hybridized carbons (Fsp3) is 0.200. The van der Waals surface area contributed by atoms with Crippen molar-refractivity contribution in [2.75, 3.05) is 0 Å². The summed E-state index contributed by atoms with van der Waals surface area (Å²) in [5.41, 5.74) is 1.67. The van der Waals surface area contributed by atoms with Crippen LogP contribution in [-0.2, 0) is 6.54 Å². The third-order valence-corrected chi connectivity index (χ3v) is 3.46. The summed E-state index contributed by atoms with van der Waals surface area (Å²) in [4.78, 5) is 0. The van der Waals surface area contributed by atoms with Crippen LogP contribution in [0.5, 0.6) is 0 Å². The molecule has 0 saturated carbocycles. The predicted molar refractivity (Wildman–Crippen MR) is 78.1 cm³/mol. The van der Waals surface area contributed by atoms with Crippen LogP contribution in [0.15, 0.2) is 42.5 Å². The summed E-state index contributed by atoms with van der Waals surface area (Å²) in [6, 6.07) is 12.3. The van der Waals surface area contributed by atoms with Gasteiger partial charge >= 0.3 is 0 Å². The zero-order chi connectivity index (χ0) is 13.8. The van der Waals surface area contributed by atoms with E-state index in [2.05, 4.69) is 5.32 Å². The average Bonchev–Trinajstić information content (AvgIpc) is 2.40. The van der Waals surface area contributed by atoms with Gasteiger partial charge in [0.1, 0.15) is 5.82 Å². The third kappa shape index (κ3) is 3.93. The summed E-state index contributed by atoms with van der Waals surface area (Å²) in [5.74, 6) is -0.250. The van der Waals surface area contributed by atoms with Gasteiger partial charge in [0.05, 0.1) is 0 Å². The van der Waals surface area contributed by atoms with Crippen molar-refractivity contribution in [2.24, 2.45) is 0 Å². The summed E-state index contributed by atoms with van der Waals surface area (Å²) in [7, 11) is 0. The van der Waals surface area contributed by atoms with Gasteiger partial charge in [0.15, 0.2) is 0 Å². The van der Waals surface area contributed by atoms with E-state index in [-0.39, 0.29) is 11.9 Å². The Hall–Kier alpha value is -1.09. The molecule has 0 aliphatic rings. The Morgan fingerprint density at radius 3 is 2.37 bits per heavy atom. The first kappa shape index (κ1) is 14.3. The van der Waals surface area contributed by atoms with Crippen molar-refractivity contribution in [3.05, 3.63) is 69.5 Å². The van der Waals surface area contributed by atoms with Crippen molar-refractivity contribution in [3.63, 3.8) is 0 Å². The summed E-state index contributed by atoms with van der Waals surface area (Å²) in [5, 5.41) is 4.51. The molecule has 0 radical (unpaired) electrons. The first-order valence-electron chi connectivity index (χ1n) is 5.99. The van der Waals surface area contributed by atoms with Crippen molar-refractivity contribution >= 4 is 23.2 Å². The molecule has 0 bridgehead atoms. The molecule has 0 saturated heterocycles. The SMILES string of the molecule is C[C@H](NCc1cc(Cl)ccc1F)c1ccc(Cl)cc1. The standard InChI is InChI=1S/C15H14Cl2FN/c1-10(11-2-4-13(16)5-3-11)19-9-12-8-14(17)6-7-15(12)18/h2-8,10,19H,9H2,1H3/t10-/m0/s1. The van der Waals surface area contributed by atoms with Crippen LogP contribution in [0.2, 0.25) is 10.0 Å². The molecule has 0 heterocycles. The molecule has 0 aliphatic heterocycles. The maximum Gasteiger partial charge on any atom is 0.127 e. The van der Waals surface area contributed by atoms with Gasteiger partial charge in [0.25, 0.3) is 0 Å². The van der Waals surface area contributed by atoms with Crippen molar-refractivity contribution in [1.29, 1.82) is 0 Å². The smallest absolute Gasteiger partial charge is 0.127 e. The molecular weight excluding hydrogens is 284 g/mol. The Balaban J connectivity index is 2.02. The van der Waals surface area contributed by atoms with E-state index in [9.17, 15) is 4.39 Å². The van der Waals surface area contributed by atoms with E-state index in [1.54, 1.807) is 12.1 Å². The Kier molecular flexibility index (Phi) is 4.81. The Morgan fingerprint density at radius 1 is 1.05 bits per heavy atom. The summed E-state index contributed by atoms with van der Waals surface area (Å²) in [6.45, 7) is 2.45. The zero-order valence-corrected chi connectivity index (χ0v) is 12.0. The van der Waals surface area contributed by atoms with Gasteiger partial charge in [-0.2, -0.15) is 0 Å². The molecule has 19 heavy (non-hydrogen) atoms. The van der Waals surface area contributed by atoms with Gasteiger partial charge in [-0.15, -0.1) is 0 Å². The molecule has 1 nitrogen and oxygen atoms in total. The van der Waals surface area contributed by atoms with Crippen LogP contribution in [0.25, 0.3) is 0 Å². The van der Waals surface area contributed by atoms with Crippen LogP contribution in [-0.4, -0.2) is 0 Å². The fourth-order valence-electron chi connectivity index (χ4n) is 1.81. The summed E-state index contributed by atoms with van der Waals surface area (Å²) >= 11 is 11.7. The van der Waals surface area contributed by atoms with Gasteiger partial charge in [0.2, 0.25) is 0 Å². The van der Waals surface area contributed by atoms with Gasteiger partial charge in [0, 0.05) is 28.2 Å². The van der Waals surface area contributed by atoms with Gasteiger partial charge in [-0.1, -0.05) is 35.3 Å². The lowest BCUT2D eigenvalue weighted by molar-refractivity contribution is 0.544. The Labute approximate surface area is 122 Å². The van der Waals surface area contributed by atoms with Crippen LogP contribution >= 0.6 is 23.2 Å². The van der Waals surface area contributed by atoms with Crippen LogP contribution in [0.3, 0.4) is 0 Å². The second-order valence-corrected chi connectivity index (χ2v) is 5.26. The van der Waals surface area contributed by atoms with Crippen molar-refractivity contribution < 1.29 is 4.39 Å². The lowest BCUT2D eigenvalue weighted by Gasteiger charge is -2.15. The highest BCUT2D eigenvalue weighted by Gasteiger charge is 2.07. The second-order valence-electron chi connectivity index (χ2n) is 4.39. The molecule has 2 aromatic rings. The van der Waals surface area contributed by atoms with Crippen LogP contribution < -0.4 is 5.32 Å². The molecular formula is C15H14Cl2FN. The number of hydrogen-bond acceptors (Lipinski definition) is 1. The third-order valence-electron chi connectivity index (χ3n) is 2.98. The average molecular weight is 298 g/mol. The molecule has 0 amide bonds. The molecule has 2 aromatic carbocycles. The quantitative estimate of drug-likeness (QED) is 0.839. The number of nitrogens with one attached hydrogen (secondary N) is 1. The maximum absolute atomic E-state index is 13.6. The number of benzene rings is 2. The number of halogens is 3. The highest BCUT2D eigenvalue weighted by Crippen LogP contribution is 2.18. The Bertz CT molecular complexity index is 555. The van der Waals surface area contributed by atoms with E-state index < -0.39 is 0 Å². The topological polar surface area (TPSA) is 12.0 Å².